The van der Waals surface area contributed by atoms with Crippen molar-refractivity contribution in [1.29, 1.82) is 0 Å². The molecule has 0 aromatic heterocycles. The quantitative estimate of drug-likeness (QED) is 0.616. The van der Waals surface area contributed by atoms with Crippen LogP contribution in [-0.2, 0) is 4.74 Å². The highest BCUT2D eigenvalue weighted by Gasteiger charge is 2.47. The maximum Gasteiger partial charge on any atom is 0.0830 e. The van der Waals surface area contributed by atoms with Crippen molar-refractivity contribution < 1.29 is 4.74 Å². The molecule has 22 heavy (non-hydrogen) atoms. The Bertz CT molecular complexity index is 380. The number of ether oxygens (including phenoxy) is 1. The molecule has 4 heteroatoms. The van der Waals surface area contributed by atoms with Crippen molar-refractivity contribution in [1.82, 2.24) is 10.6 Å². The number of hydrogen-bond donors (Lipinski definition) is 2. The van der Waals surface area contributed by atoms with Crippen molar-refractivity contribution >= 4 is 11.6 Å². The standard InChI is InChI=1S/C18H33ClN2O/c1-18(2,3)14-9-20-15(11-5-6-11)7-12(14)13-8-17(19)21-10-16(13)22-4/h11-17,20-21H,5-10H2,1-4H3. The molecule has 6 unspecified atom stereocenters. The maximum atomic E-state index is 6.44. The van der Waals surface area contributed by atoms with Gasteiger partial charge in [0.2, 0.25) is 0 Å². The van der Waals surface area contributed by atoms with Gasteiger partial charge in [-0.3, -0.25) is 5.32 Å². The lowest BCUT2D eigenvalue weighted by atomic mass is 9.62. The van der Waals surface area contributed by atoms with Crippen LogP contribution in [0.5, 0.6) is 0 Å². The van der Waals surface area contributed by atoms with Gasteiger partial charge in [0.15, 0.2) is 0 Å². The van der Waals surface area contributed by atoms with E-state index in [2.05, 4.69) is 31.4 Å². The first-order valence-corrected chi connectivity index (χ1v) is 9.47. The molecule has 2 heterocycles. The minimum Gasteiger partial charge on any atom is -0.380 e. The summed E-state index contributed by atoms with van der Waals surface area (Å²) in [5, 5.41) is 7.24. The Labute approximate surface area is 140 Å². The molecule has 0 spiro atoms. The number of piperidine rings is 2. The highest BCUT2D eigenvalue weighted by molar-refractivity contribution is 6.20. The highest BCUT2D eigenvalue weighted by atomic mass is 35.5. The predicted molar refractivity (Wildman–Crippen MR) is 92.1 cm³/mol. The van der Waals surface area contributed by atoms with Crippen molar-refractivity contribution in [2.45, 2.75) is 64.1 Å². The summed E-state index contributed by atoms with van der Waals surface area (Å²) in [6.07, 6.45) is 5.49. The summed E-state index contributed by atoms with van der Waals surface area (Å²) in [7, 11) is 1.86. The van der Waals surface area contributed by atoms with Gasteiger partial charge >= 0.3 is 0 Å². The van der Waals surface area contributed by atoms with E-state index in [0.29, 0.717) is 23.4 Å². The Morgan fingerprint density at radius 2 is 1.73 bits per heavy atom. The highest BCUT2D eigenvalue weighted by Crippen LogP contribution is 2.47. The van der Waals surface area contributed by atoms with Gasteiger partial charge in [0, 0.05) is 19.7 Å². The molecular weight excluding hydrogens is 296 g/mol. The van der Waals surface area contributed by atoms with E-state index in [0.717, 1.165) is 37.4 Å². The number of nitrogens with one attached hydrogen (secondary N) is 2. The maximum absolute atomic E-state index is 6.44. The van der Waals surface area contributed by atoms with Crippen LogP contribution >= 0.6 is 11.6 Å². The summed E-state index contributed by atoms with van der Waals surface area (Å²) in [6, 6.07) is 0.727. The van der Waals surface area contributed by atoms with Gasteiger partial charge in [-0.2, -0.15) is 0 Å². The second kappa shape index (κ2) is 6.58. The summed E-state index contributed by atoms with van der Waals surface area (Å²) in [5.41, 5.74) is 0.434. The van der Waals surface area contributed by atoms with E-state index in [9.17, 15) is 0 Å². The Hall–Kier alpha value is 0.170. The molecule has 128 valence electrons. The van der Waals surface area contributed by atoms with Crippen LogP contribution in [-0.4, -0.2) is 37.8 Å². The zero-order chi connectivity index (χ0) is 15.9. The molecule has 3 rings (SSSR count). The molecule has 1 saturated carbocycles. The van der Waals surface area contributed by atoms with Crippen LogP contribution in [0.2, 0.25) is 0 Å². The van der Waals surface area contributed by atoms with Gasteiger partial charge in [-0.1, -0.05) is 20.8 Å². The lowest BCUT2D eigenvalue weighted by Gasteiger charge is -2.50. The van der Waals surface area contributed by atoms with Crippen LogP contribution < -0.4 is 10.6 Å². The molecule has 3 aliphatic rings. The average Bonchev–Trinajstić information content (AvgIpc) is 3.30. The zero-order valence-corrected chi connectivity index (χ0v) is 15.3. The van der Waals surface area contributed by atoms with Crippen molar-refractivity contribution in [3.8, 4) is 0 Å². The first-order valence-electron chi connectivity index (χ1n) is 9.03. The van der Waals surface area contributed by atoms with Gasteiger partial charge in [0.05, 0.1) is 11.6 Å². The minimum atomic E-state index is 0.103. The molecular formula is C18H33ClN2O. The van der Waals surface area contributed by atoms with Crippen molar-refractivity contribution in [2.24, 2.45) is 29.1 Å². The molecule has 0 aromatic rings. The van der Waals surface area contributed by atoms with Crippen molar-refractivity contribution in [2.75, 3.05) is 20.2 Å². The van der Waals surface area contributed by atoms with E-state index >= 15 is 0 Å². The van der Waals surface area contributed by atoms with Crippen LogP contribution in [0.3, 0.4) is 0 Å². The topological polar surface area (TPSA) is 33.3 Å². The van der Waals surface area contributed by atoms with E-state index in [1.807, 2.05) is 7.11 Å². The SMILES string of the molecule is COC1CNC(Cl)CC1C1CC(C2CC2)NCC1C(C)(C)C. The van der Waals surface area contributed by atoms with Gasteiger partial charge in [0.25, 0.3) is 0 Å². The third-order valence-electron chi connectivity index (χ3n) is 6.30. The number of methoxy groups -OCH3 is 1. The number of alkyl halides is 1. The van der Waals surface area contributed by atoms with Crippen LogP contribution in [0.25, 0.3) is 0 Å². The molecule has 1 aliphatic carbocycles. The van der Waals surface area contributed by atoms with Crippen LogP contribution in [0.1, 0.15) is 46.5 Å². The molecule has 0 radical (unpaired) electrons. The number of halogens is 1. The molecule has 0 aromatic carbocycles. The second-order valence-electron chi connectivity index (χ2n) is 8.77. The molecule has 0 amide bonds. The smallest absolute Gasteiger partial charge is 0.0830 e. The molecule has 2 saturated heterocycles. The van der Waals surface area contributed by atoms with Crippen LogP contribution in [0, 0.1) is 29.1 Å². The van der Waals surface area contributed by atoms with Crippen LogP contribution in [0.15, 0.2) is 0 Å². The summed E-state index contributed by atoms with van der Waals surface area (Å²) in [6.45, 7) is 9.23. The number of rotatable bonds is 3. The van der Waals surface area contributed by atoms with E-state index in [-0.39, 0.29) is 5.50 Å². The third kappa shape index (κ3) is 3.63. The number of hydrogen-bond acceptors (Lipinski definition) is 3. The summed E-state index contributed by atoms with van der Waals surface area (Å²) in [4.78, 5) is 0. The molecule has 3 fully saturated rings. The Balaban J connectivity index is 1.79. The van der Waals surface area contributed by atoms with Gasteiger partial charge < -0.3 is 10.1 Å². The molecule has 3 nitrogen and oxygen atoms in total. The Kier molecular flexibility index (Phi) is 5.09. The van der Waals surface area contributed by atoms with E-state index in [1.165, 1.54) is 19.3 Å². The van der Waals surface area contributed by atoms with Crippen molar-refractivity contribution in [3.63, 3.8) is 0 Å². The molecule has 6 atom stereocenters. The first-order chi connectivity index (χ1) is 10.4. The predicted octanol–water partition coefficient (Wildman–Crippen LogP) is 3.23. The fourth-order valence-corrected chi connectivity index (χ4v) is 5.12. The van der Waals surface area contributed by atoms with Gasteiger partial charge in [-0.25, -0.2) is 0 Å². The van der Waals surface area contributed by atoms with E-state index in [4.69, 9.17) is 16.3 Å². The van der Waals surface area contributed by atoms with Crippen LogP contribution in [0.4, 0.5) is 0 Å². The molecule has 0 bridgehead atoms. The van der Waals surface area contributed by atoms with E-state index in [1.54, 1.807) is 0 Å². The lowest BCUT2D eigenvalue weighted by Crippen LogP contribution is -2.56. The fraction of sp³-hybridized carbons (Fsp3) is 1.00. The summed E-state index contributed by atoms with van der Waals surface area (Å²) < 4.78 is 5.84. The second-order valence-corrected chi connectivity index (χ2v) is 9.30. The Morgan fingerprint density at radius 3 is 2.32 bits per heavy atom. The fourth-order valence-electron chi connectivity index (χ4n) is 4.83. The lowest BCUT2D eigenvalue weighted by molar-refractivity contribution is -0.0423. The van der Waals surface area contributed by atoms with Gasteiger partial charge in [-0.15, -0.1) is 11.6 Å². The minimum absolute atomic E-state index is 0.103. The van der Waals surface area contributed by atoms with E-state index < -0.39 is 0 Å². The average molecular weight is 329 g/mol. The third-order valence-corrected chi connectivity index (χ3v) is 6.63. The monoisotopic (exact) mass is 328 g/mol. The van der Waals surface area contributed by atoms with Gasteiger partial charge in [0.1, 0.15) is 0 Å². The first kappa shape index (κ1) is 17.0. The summed E-state index contributed by atoms with van der Waals surface area (Å²) >= 11 is 6.44. The largest absolute Gasteiger partial charge is 0.380 e. The summed E-state index contributed by atoms with van der Waals surface area (Å²) in [5.74, 6) is 2.94. The Morgan fingerprint density at radius 1 is 1.00 bits per heavy atom. The molecule has 2 N–H and O–H groups in total. The zero-order valence-electron chi connectivity index (χ0n) is 14.6. The molecule has 2 aliphatic heterocycles. The van der Waals surface area contributed by atoms with Crippen molar-refractivity contribution in [3.05, 3.63) is 0 Å². The normalized spacial score (nSPS) is 44.0. The van der Waals surface area contributed by atoms with Gasteiger partial charge in [-0.05, 0) is 61.3 Å².